The molecule has 0 saturated carbocycles. The molecule has 0 bridgehead atoms. The maximum absolute atomic E-state index is 5.62. The topological polar surface area (TPSA) is 82.3 Å². The Balaban J connectivity index is 2.62. The van der Waals surface area contributed by atoms with Gasteiger partial charge in [0.15, 0.2) is 5.82 Å². The molecule has 0 aromatic carbocycles. The second kappa shape index (κ2) is 6.15. The first-order chi connectivity index (χ1) is 7.26. The number of nitrogens with one attached hydrogen (secondary N) is 1. The molecule has 0 spiro atoms. The SMILES string of the molecule is COCCNc1cc(N)nc(COC)n1. The Labute approximate surface area is 88.8 Å². The fourth-order valence-corrected chi connectivity index (χ4v) is 1.08. The number of hydrogen-bond acceptors (Lipinski definition) is 6. The molecule has 1 rings (SSSR count). The van der Waals surface area contributed by atoms with E-state index in [9.17, 15) is 0 Å². The quantitative estimate of drug-likeness (QED) is 0.658. The third-order valence-corrected chi connectivity index (χ3v) is 1.68. The molecule has 84 valence electrons. The van der Waals surface area contributed by atoms with Crippen molar-refractivity contribution in [2.75, 3.05) is 38.4 Å². The Kier molecular flexibility index (Phi) is 4.79. The molecular formula is C9H16N4O2. The molecule has 0 atom stereocenters. The molecule has 1 aromatic rings. The van der Waals surface area contributed by atoms with Crippen LogP contribution in [0.1, 0.15) is 5.82 Å². The van der Waals surface area contributed by atoms with Gasteiger partial charge in [0.05, 0.1) is 6.61 Å². The molecule has 1 aromatic heterocycles. The number of nitrogen functional groups attached to an aromatic ring is 1. The molecule has 0 radical (unpaired) electrons. The number of aromatic nitrogens is 2. The van der Waals surface area contributed by atoms with Crippen LogP contribution in [0.25, 0.3) is 0 Å². The number of anilines is 2. The Morgan fingerprint density at radius 1 is 1.33 bits per heavy atom. The van der Waals surface area contributed by atoms with E-state index in [0.717, 1.165) is 0 Å². The number of hydrogen-bond donors (Lipinski definition) is 2. The summed E-state index contributed by atoms with van der Waals surface area (Å²) >= 11 is 0. The summed E-state index contributed by atoms with van der Waals surface area (Å²) in [5.74, 6) is 1.68. The van der Waals surface area contributed by atoms with Gasteiger partial charge in [-0.1, -0.05) is 0 Å². The minimum atomic E-state index is 0.351. The summed E-state index contributed by atoms with van der Waals surface area (Å²) < 4.78 is 9.84. The van der Waals surface area contributed by atoms with Crippen molar-refractivity contribution in [2.24, 2.45) is 0 Å². The van der Waals surface area contributed by atoms with Crippen LogP contribution in [-0.4, -0.2) is 37.3 Å². The lowest BCUT2D eigenvalue weighted by molar-refractivity contribution is 0.178. The standard InChI is InChI=1S/C9H16N4O2/c1-14-4-3-11-8-5-7(10)12-9(13-8)6-15-2/h5H,3-4,6H2,1-2H3,(H3,10,11,12,13). The lowest BCUT2D eigenvalue weighted by Gasteiger charge is -2.07. The van der Waals surface area contributed by atoms with Crippen LogP contribution >= 0.6 is 0 Å². The highest BCUT2D eigenvalue weighted by Gasteiger charge is 2.01. The van der Waals surface area contributed by atoms with Gasteiger partial charge in [0.1, 0.15) is 18.2 Å². The number of methoxy groups -OCH3 is 2. The van der Waals surface area contributed by atoms with E-state index in [-0.39, 0.29) is 0 Å². The van der Waals surface area contributed by atoms with Crippen LogP contribution in [0.15, 0.2) is 6.07 Å². The molecular weight excluding hydrogens is 196 g/mol. The molecule has 0 aliphatic rings. The molecule has 0 fully saturated rings. The molecule has 0 aliphatic carbocycles. The Bertz CT molecular complexity index is 306. The van der Waals surface area contributed by atoms with Gasteiger partial charge in [-0.15, -0.1) is 0 Å². The van der Waals surface area contributed by atoms with Crippen molar-refractivity contribution >= 4 is 11.6 Å². The number of rotatable bonds is 6. The summed E-state index contributed by atoms with van der Waals surface area (Å²) in [6.45, 7) is 1.65. The van der Waals surface area contributed by atoms with Crippen LogP contribution in [0.2, 0.25) is 0 Å². The van der Waals surface area contributed by atoms with Crippen molar-refractivity contribution in [2.45, 2.75) is 6.61 Å². The van der Waals surface area contributed by atoms with Crippen LogP contribution in [-0.2, 0) is 16.1 Å². The second-order valence-corrected chi connectivity index (χ2v) is 2.95. The van der Waals surface area contributed by atoms with E-state index >= 15 is 0 Å². The average molecular weight is 212 g/mol. The first-order valence-electron chi connectivity index (χ1n) is 4.61. The third-order valence-electron chi connectivity index (χ3n) is 1.68. The summed E-state index contributed by atoms with van der Waals surface area (Å²) in [7, 11) is 3.23. The van der Waals surface area contributed by atoms with E-state index in [1.807, 2.05) is 0 Å². The smallest absolute Gasteiger partial charge is 0.158 e. The molecule has 3 N–H and O–H groups in total. The molecule has 0 unspecified atom stereocenters. The largest absolute Gasteiger partial charge is 0.384 e. The molecule has 15 heavy (non-hydrogen) atoms. The third kappa shape index (κ3) is 4.09. The molecule has 6 heteroatoms. The van der Waals surface area contributed by atoms with Gasteiger partial charge in [-0.3, -0.25) is 0 Å². The Hall–Kier alpha value is -1.40. The van der Waals surface area contributed by atoms with Crippen molar-refractivity contribution < 1.29 is 9.47 Å². The summed E-state index contributed by atoms with van der Waals surface area (Å²) in [4.78, 5) is 8.23. The van der Waals surface area contributed by atoms with Gasteiger partial charge >= 0.3 is 0 Å². The summed E-state index contributed by atoms with van der Waals surface area (Å²) in [6.07, 6.45) is 0. The van der Waals surface area contributed by atoms with Crippen molar-refractivity contribution in [1.29, 1.82) is 0 Å². The van der Waals surface area contributed by atoms with Gasteiger partial charge in [-0.2, -0.15) is 0 Å². The van der Waals surface area contributed by atoms with Gasteiger partial charge in [-0.05, 0) is 0 Å². The zero-order chi connectivity index (χ0) is 11.1. The monoisotopic (exact) mass is 212 g/mol. The molecule has 1 heterocycles. The van der Waals surface area contributed by atoms with E-state index in [1.54, 1.807) is 20.3 Å². The summed E-state index contributed by atoms with van der Waals surface area (Å²) in [6, 6.07) is 1.68. The van der Waals surface area contributed by atoms with Gasteiger partial charge in [0, 0.05) is 26.8 Å². The lowest BCUT2D eigenvalue weighted by atomic mass is 10.5. The molecule has 0 amide bonds. The number of nitrogens with zero attached hydrogens (tertiary/aromatic N) is 2. The molecule has 0 saturated heterocycles. The maximum Gasteiger partial charge on any atom is 0.158 e. The average Bonchev–Trinajstić information content (AvgIpc) is 2.18. The summed E-state index contributed by atoms with van der Waals surface area (Å²) in [5.41, 5.74) is 5.62. The Morgan fingerprint density at radius 3 is 2.80 bits per heavy atom. The van der Waals surface area contributed by atoms with Crippen molar-refractivity contribution in [1.82, 2.24) is 9.97 Å². The fraction of sp³-hybridized carbons (Fsp3) is 0.556. The van der Waals surface area contributed by atoms with Gasteiger partial charge < -0.3 is 20.5 Å². The highest BCUT2D eigenvalue weighted by atomic mass is 16.5. The molecule has 6 nitrogen and oxygen atoms in total. The number of nitrogens with two attached hydrogens (primary N) is 1. The van der Waals surface area contributed by atoms with Crippen LogP contribution in [0.3, 0.4) is 0 Å². The Morgan fingerprint density at radius 2 is 2.13 bits per heavy atom. The predicted octanol–water partition coefficient (Wildman–Crippen LogP) is 0.263. The minimum Gasteiger partial charge on any atom is -0.384 e. The van der Waals surface area contributed by atoms with E-state index in [2.05, 4.69) is 15.3 Å². The first kappa shape index (κ1) is 11.7. The maximum atomic E-state index is 5.62. The van der Waals surface area contributed by atoms with Gasteiger partial charge in [-0.25, -0.2) is 9.97 Å². The highest BCUT2D eigenvalue weighted by Crippen LogP contribution is 2.08. The number of ether oxygens (including phenoxy) is 2. The zero-order valence-corrected chi connectivity index (χ0v) is 8.99. The van der Waals surface area contributed by atoms with Crippen molar-refractivity contribution in [3.63, 3.8) is 0 Å². The predicted molar refractivity (Wildman–Crippen MR) is 57.5 cm³/mol. The van der Waals surface area contributed by atoms with Crippen molar-refractivity contribution in [3.05, 3.63) is 11.9 Å². The van der Waals surface area contributed by atoms with E-state index < -0.39 is 0 Å². The second-order valence-electron chi connectivity index (χ2n) is 2.95. The van der Waals surface area contributed by atoms with Gasteiger partial charge in [0.2, 0.25) is 0 Å². The first-order valence-corrected chi connectivity index (χ1v) is 4.61. The van der Waals surface area contributed by atoms with Crippen LogP contribution < -0.4 is 11.1 Å². The van der Waals surface area contributed by atoms with Crippen molar-refractivity contribution in [3.8, 4) is 0 Å². The van der Waals surface area contributed by atoms with Crippen LogP contribution in [0.4, 0.5) is 11.6 Å². The summed E-state index contributed by atoms with van der Waals surface area (Å²) in [5, 5.41) is 3.07. The van der Waals surface area contributed by atoms with Crippen LogP contribution in [0.5, 0.6) is 0 Å². The van der Waals surface area contributed by atoms with Crippen LogP contribution in [0, 0.1) is 0 Å². The highest BCUT2D eigenvalue weighted by molar-refractivity contribution is 5.44. The van der Waals surface area contributed by atoms with E-state index in [0.29, 0.717) is 37.2 Å². The minimum absolute atomic E-state index is 0.351. The van der Waals surface area contributed by atoms with E-state index in [1.165, 1.54) is 0 Å². The normalized spacial score (nSPS) is 10.3. The lowest BCUT2D eigenvalue weighted by Crippen LogP contribution is -2.11. The zero-order valence-electron chi connectivity index (χ0n) is 8.99. The van der Waals surface area contributed by atoms with E-state index in [4.69, 9.17) is 15.2 Å². The fourth-order valence-electron chi connectivity index (χ4n) is 1.08. The van der Waals surface area contributed by atoms with Gasteiger partial charge in [0.25, 0.3) is 0 Å². The molecule has 0 aliphatic heterocycles.